The normalized spacial score (nSPS) is 13.0. The van der Waals surface area contributed by atoms with Gasteiger partial charge in [0.15, 0.2) is 0 Å². The lowest BCUT2D eigenvalue weighted by Crippen LogP contribution is -2.27. The maximum Gasteiger partial charge on any atom is 0.231 e. The van der Waals surface area contributed by atoms with Gasteiger partial charge in [0, 0.05) is 5.41 Å². The first kappa shape index (κ1) is 11.3. The van der Waals surface area contributed by atoms with Gasteiger partial charge >= 0.3 is 0 Å². The van der Waals surface area contributed by atoms with Gasteiger partial charge in [0.25, 0.3) is 0 Å². The molecule has 0 aliphatic carbocycles. The molecule has 0 aromatic carbocycles. The Balaban J connectivity index is 2.79. The Labute approximate surface area is 86.5 Å². The largest absolute Gasteiger partial charge is 0.340 e. The molecule has 4 heteroatoms. The highest BCUT2D eigenvalue weighted by Gasteiger charge is 2.24. The molecule has 1 rings (SSSR count). The molecule has 14 heavy (non-hydrogen) atoms. The SMILES string of the molecule is CC(C)(C)[B]c1noc(C(C)(C)C)n1. The van der Waals surface area contributed by atoms with Crippen molar-refractivity contribution in [1.82, 2.24) is 10.1 Å². The van der Waals surface area contributed by atoms with E-state index in [0.717, 1.165) is 0 Å². The second-order valence-corrected chi connectivity index (χ2v) is 5.72. The van der Waals surface area contributed by atoms with Crippen LogP contribution in [-0.2, 0) is 5.41 Å². The second-order valence-electron chi connectivity index (χ2n) is 5.72. The van der Waals surface area contributed by atoms with Gasteiger partial charge in [-0.3, -0.25) is 0 Å². The van der Waals surface area contributed by atoms with E-state index in [4.69, 9.17) is 4.52 Å². The van der Waals surface area contributed by atoms with Crippen LogP contribution in [0.4, 0.5) is 0 Å². The molecule has 0 saturated heterocycles. The van der Waals surface area contributed by atoms with Crippen LogP contribution in [0, 0.1) is 0 Å². The van der Waals surface area contributed by atoms with E-state index < -0.39 is 0 Å². The Bertz CT molecular complexity index is 307. The van der Waals surface area contributed by atoms with E-state index in [2.05, 4.69) is 51.7 Å². The van der Waals surface area contributed by atoms with Crippen molar-refractivity contribution < 1.29 is 4.52 Å². The van der Waals surface area contributed by atoms with Gasteiger partial charge in [-0.15, -0.1) is 0 Å². The van der Waals surface area contributed by atoms with Gasteiger partial charge in [0.05, 0.1) is 0 Å². The summed E-state index contributed by atoms with van der Waals surface area (Å²) in [4.78, 5) is 4.33. The summed E-state index contributed by atoms with van der Waals surface area (Å²) in [7, 11) is 2.01. The molecule has 0 fully saturated rings. The number of hydrogen-bond donors (Lipinski definition) is 0. The van der Waals surface area contributed by atoms with Gasteiger partial charge < -0.3 is 4.52 Å². The first-order valence-corrected chi connectivity index (χ1v) is 4.88. The van der Waals surface area contributed by atoms with Crippen molar-refractivity contribution in [3.05, 3.63) is 5.89 Å². The highest BCUT2D eigenvalue weighted by Crippen LogP contribution is 2.21. The minimum Gasteiger partial charge on any atom is -0.340 e. The molecule has 0 unspecified atom stereocenters. The third kappa shape index (κ3) is 3.16. The molecule has 0 aliphatic heterocycles. The molecule has 0 saturated carbocycles. The second kappa shape index (κ2) is 3.41. The standard InChI is InChI=1S/C10H18BN2O/c1-9(2,3)7-12-8(13-14-7)11-10(4,5)6/h1-6H3. The summed E-state index contributed by atoms with van der Waals surface area (Å²) in [6.45, 7) is 12.5. The van der Waals surface area contributed by atoms with Crippen molar-refractivity contribution >= 4 is 13.0 Å². The number of aromatic nitrogens is 2. The van der Waals surface area contributed by atoms with E-state index in [-0.39, 0.29) is 10.7 Å². The van der Waals surface area contributed by atoms with Crippen LogP contribution >= 0.6 is 0 Å². The van der Waals surface area contributed by atoms with Crippen LogP contribution in [0.25, 0.3) is 0 Å². The third-order valence-electron chi connectivity index (χ3n) is 1.65. The van der Waals surface area contributed by atoms with Crippen LogP contribution in [0.1, 0.15) is 47.4 Å². The molecule has 3 nitrogen and oxygen atoms in total. The average molecular weight is 193 g/mol. The predicted octanol–water partition coefficient (Wildman–Crippen LogP) is 1.91. The molecule has 1 heterocycles. The Morgan fingerprint density at radius 1 is 1.07 bits per heavy atom. The maximum atomic E-state index is 5.18. The summed E-state index contributed by atoms with van der Waals surface area (Å²) >= 11 is 0. The summed E-state index contributed by atoms with van der Waals surface area (Å²) in [6, 6.07) is 0. The van der Waals surface area contributed by atoms with Crippen LogP contribution in [-0.4, -0.2) is 17.4 Å². The maximum absolute atomic E-state index is 5.18. The van der Waals surface area contributed by atoms with E-state index >= 15 is 0 Å². The molecular weight excluding hydrogens is 175 g/mol. The minimum absolute atomic E-state index is 0.0724. The molecule has 0 bridgehead atoms. The van der Waals surface area contributed by atoms with E-state index in [1.807, 2.05) is 7.28 Å². The molecule has 0 N–H and O–H groups in total. The van der Waals surface area contributed by atoms with E-state index in [1.54, 1.807) is 0 Å². The predicted molar refractivity (Wildman–Crippen MR) is 58.1 cm³/mol. The third-order valence-corrected chi connectivity index (χ3v) is 1.65. The molecule has 0 amide bonds. The highest BCUT2D eigenvalue weighted by molar-refractivity contribution is 6.54. The van der Waals surface area contributed by atoms with Crippen molar-refractivity contribution in [3.63, 3.8) is 0 Å². The summed E-state index contributed by atoms with van der Waals surface area (Å²) < 4.78 is 5.18. The number of rotatable bonds is 1. The van der Waals surface area contributed by atoms with Crippen molar-refractivity contribution in [2.75, 3.05) is 0 Å². The molecule has 1 radical (unpaired) electrons. The lowest BCUT2D eigenvalue weighted by Gasteiger charge is -2.13. The van der Waals surface area contributed by atoms with Gasteiger partial charge in [0.1, 0.15) is 5.72 Å². The Morgan fingerprint density at radius 3 is 2.00 bits per heavy atom. The van der Waals surface area contributed by atoms with E-state index in [0.29, 0.717) is 11.6 Å². The first-order valence-electron chi connectivity index (χ1n) is 4.88. The molecular formula is C10H18BN2O. The fourth-order valence-corrected chi connectivity index (χ4v) is 0.985. The van der Waals surface area contributed by atoms with E-state index in [9.17, 15) is 0 Å². The fraction of sp³-hybridized carbons (Fsp3) is 0.800. The summed E-state index contributed by atoms with van der Waals surface area (Å²) in [5.74, 6) is 0.688. The fourth-order valence-electron chi connectivity index (χ4n) is 0.985. The molecule has 77 valence electrons. The van der Waals surface area contributed by atoms with Crippen molar-refractivity contribution in [3.8, 4) is 0 Å². The quantitative estimate of drug-likeness (QED) is 0.639. The Kier molecular flexibility index (Phi) is 2.75. The smallest absolute Gasteiger partial charge is 0.231 e. The summed E-state index contributed by atoms with van der Waals surface area (Å²) in [5.41, 5.74) is 0.610. The molecule has 0 spiro atoms. The van der Waals surface area contributed by atoms with Gasteiger partial charge in [-0.25, -0.2) is 4.98 Å². The van der Waals surface area contributed by atoms with Crippen LogP contribution in [0.3, 0.4) is 0 Å². The monoisotopic (exact) mass is 193 g/mol. The van der Waals surface area contributed by atoms with Crippen molar-refractivity contribution in [2.24, 2.45) is 0 Å². The Morgan fingerprint density at radius 2 is 1.64 bits per heavy atom. The first-order chi connectivity index (χ1) is 6.18. The molecule has 1 aromatic heterocycles. The van der Waals surface area contributed by atoms with Gasteiger partial charge in [-0.05, 0) is 0 Å². The van der Waals surface area contributed by atoms with Crippen LogP contribution < -0.4 is 5.72 Å². The molecule has 1 aromatic rings. The van der Waals surface area contributed by atoms with Gasteiger partial charge in [0.2, 0.25) is 13.2 Å². The zero-order chi connectivity index (χ0) is 11.0. The van der Waals surface area contributed by atoms with Crippen LogP contribution in [0.15, 0.2) is 4.52 Å². The van der Waals surface area contributed by atoms with Crippen molar-refractivity contribution in [1.29, 1.82) is 0 Å². The van der Waals surface area contributed by atoms with Crippen molar-refractivity contribution in [2.45, 2.75) is 52.3 Å². The topological polar surface area (TPSA) is 38.9 Å². The van der Waals surface area contributed by atoms with Crippen LogP contribution in [0.2, 0.25) is 5.31 Å². The minimum atomic E-state index is -0.0724. The lowest BCUT2D eigenvalue weighted by molar-refractivity contribution is 0.321. The lowest BCUT2D eigenvalue weighted by atomic mass is 9.55. The summed E-state index contributed by atoms with van der Waals surface area (Å²) in [5, 5.41) is 4.01. The zero-order valence-corrected chi connectivity index (χ0v) is 9.88. The van der Waals surface area contributed by atoms with E-state index in [1.165, 1.54) is 0 Å². The molecule has 0 atom stereocenters. The molecule has 0 aliphatic rings. The Hall–Kier alpha value is -0.795. The number of hydrogen-bond acceptors (Lipinski definition) is 3. The highest BCUT2D eigenvalue weighted by atomic mass is 16.5. The average Bonchev–Trinajstić information content (AvgIpc) is 2.29. The van der Waals surface area contributed by atoms with Gasteiger partial charge in [-0.2, -0.15) is 0 Å². The zero-order valence-electron chi connectivity index (χ0n) is 9.88. The van der Waals surface area contributed by atoms with Gasteiger partial charge in [-0.1, -0.05) is 52.0 Å². The summed E-state index contributed by atoms with van der Waals surface area (Å²) in [6.07, 6.45) is 0. The van der Waals surface area contributed by atoms with Crippen LogP contribution in [0.5, 0.6) is 0 Å². The number of nitrogens with zero attached hydrogens (tertiary/aromatic N) is 2.